The van der Waals surface area contributed by atoms with Gasteiger partial charge in [-0.3, -0.25) is 9.13 Å². The number of nitrogens with zero attached hydrogens (tertiary/aromatic N) is 2. The summed E-state index contributed by atoms with van der Waals surface area (Å²) in [5.74, 6) is 0. The van der Waals surface area contributed by atoms with Crippen LogP contribution in [0.5, 0.6) is 0 Å². The standard InChI is InChI=1S/C10H10N2O4.C2H6/c1-15-9(13)11-5-3-8-7(11)4-6-12(8)10(14)16-2;1-2/h3-6H,1-2H3;1-2H3. The fraction of sp³-hybridized carbons (Fsp3) is 0.333. The van der Waals surface area contributed by atoms with Gasteiger partial charge in [0.1, 0.15) is 0 Å². The molecule has 18 heavy (non-hydrogen) atoms. The maximum Gasteiger partial charge on any atom is 0.418 e. The largest absolute Gasteiger partial charge is 0.452 e. The molecule has 0 aliphatic heterocycles. The minimum atomic E-state index is -0.502. The van der Waals surface area contributed by atoms with Gasteiger partial charge in [-0.15, -0.1) is 0 Å². The van der Waals surface area contributed by atoms with E-state index >= 15 is 0 Å². The Labute approximate surface area is 105 Å². The normalized spacial score (nSPS) is 9.56. The Morgan fingerprint density at radius 1 is 0.889 bits per heavy atom. The highest BCUT2D eigenvalue weighted by molar-refractivity contribution is 5.93. The van der Waals surface area contributed by atoms with Gasteiger partial charge in [0.15, 0.2) is 0 Å². The quantitative estimate of drug-likeness (QED) is 0.723. The van der Waals surface area contributed by atoms with Gasteiger partial charge in [-0.25, -0.2) is 9.59 Å². The molecule has 98 valence electrons. The molecule has 0 aliphatic carbocycles. The zero-order valence-electron chi connectivity index (χ0n) is 10.8. The van der Waals surface area contributed by atoms with Crippen molar-refractivity contribution in [1.82, 2.24) is 9.13 Å². The lowest BCUT2D eigenvalue weighted by Crippen LogP contribution is -2.10. The van der Waals surface area contributed by atoms with Crippen LogP contribution < -0.4 is 0 Å². The molecule has 0 bridgehead atoms. The molecule has 0 atom stereocenters. The van der Waals surface area contributed by atoms with E-state index in [0.717, 1.165) is 0 Å². The first-order chi connectivity index (χ1) is 8.69. The van der Waals surface area contributed by atoms with Gasteiger partial charge < -0.3 is 9.47 Å². The second-order valence-electron chi connectivity index (χ2n) is 3.08. The molecule has 6 nitrogen and oxygen atoms in total. The Morgan fingerprint density at radius 3 is 1.50 bits per heavy atom. The summed E-state index contributed by atoms with van der Waals surface area (Å²) in [5.41, 5.74) is 1.19. The molecule has 2 rings (SSSR count). The van der Waals surface area contributed by atoms with Gasteiger partial charge in [0.2, 0.25) is 0 Å². The first-order valence-electron chi connectivity index (χ1n) is 5.54. The zero-order chi connectivity index (χ0) is 13.7. The van der Waals surface area contributed by atoms with Gasteiger partial charge >= 0.3 is 12.2 Å². The lowest BCUT2D eigenvalue weighted by molar-refractivity contribution is 0.173. The molecule has 0 saturated heterocycles. The molecule has 0 spiro atoms. The molecule has 0 fully saturated rings. The maximum absolute atomic E-state index is 11.4. The van der Waals surface area contributed by atoms with E-state index in [2.05, 4.69) is 9.47 Å². The van der Waals surface area contributed by atoms with E-state index in [9.17, 15) is 9.59 Å². The minimum Gasteiger partial charge on any atom is -0.452 e. The number of ether oxygens (including phenoxy) is 2. The highest BCUT2D eigenvalue weighted by atomic mass is 16.5. The molecule has 0 aliphatic rings. The van der Waals surface area contributed by atoms with Gasteiger partial charge in [0.25, 0.3) is 0 Å². The third-order valence-electron chi connectivity index (χ3n) is 2.29. The Bertz CT molecular complexity index is 503. The average molecular weight is 252 g/mol. The van der Waals surface area contributed by atoms with Crippen molar-refractivity contribution in [2.45, 2.75) is 13.8 Å². The van der Waals surface area contributed by atoms with Crippen LogP contribution in [0.25, 0.3) is 11.0 Å². The molecule has 6 heteroatoms. The van der Waals surface area contributed by atoms with Crippen molar-refractivity contribution < 1.29 is 19.1 Å². The zero-order valence-corrected chi connectivity index (χ0v) is 10.8. The smallest absolute Gasteiger partial charge is 0.418 e. The Hall–Kier alpha value is -2.24. The van der Waals surface area contributed by atoms with Crippen LogP contribution in [0.1, 0.15) is 13.8 Å². The summed E-state index contributed by atoms with van der Waals surface area (Å²) < 4.78 is 11.8. The molecular formula is C12H16N2O4. The molecule has 0 amide bonds. The summed E-state index contributed by atoms with van der Waals surface area (Å²) in [6, 6.07) is 3.28. The summed E-state index contributed by atoms with van der Waals surface area (Å²) >= 11 is 0. The van der Waals surface area contributed by atoms with Crippen LogP contribution >= 0.6 is 0 Å². The average Bonchev–Trinajstić information content (AvgIpc) is 3.00. The fourth-order valence-electron chi connectivity index (χ4n) is 1.54. The lowest BCUT2D eigenvalue weighted by atomic mass is 10.5. The predicted molar refractivity (Wildman–Crippen MR) is 66.9 cm³/mol. The van der Waals surface area contributed by atoms with E-state index in [0.29, 0.717) is 11.0 Å². The second-order valence-corrected chi connectivity index (χ2v) is 3.08. The minimum absolute atomic E-state index is 0.502. The maximum atomic E-state index is 11.4. The van der Waals surface area contributed by atoms with Crippen LogP contribution in [-0.4, -0.2) is 35.5 Å². The van der Waals surface area contributed by atoms with Crippen molar-refractivity contribution in [3.8, 4) is 0 Å². The predicted octanol–water partition coefficient (Wildman–Crippen LogP) is 2.70. The number of hydrogen-bond donors (Lipinski definition) is 0. The molecule has 0 unspecified atom stereocenters. The molecule has 0 saturated carbocycles. The van der Waals surface area contributed by atoms with Crippen molar-refractivity contribution in [1.29, 1.82) is 0 Å². The molecule has 0 N–H and O–H groups in total. The SMILES string of the molecule is CC.COC(=O)n1ccc2c1ccn2C(=O)OC. The number of hydrogen-bond acceptors (Lipinski definition) is 4. The number of carbonyl (C=O) groups is 2. The molecule has 2 aromatic rings. The first kappa shape index (κ1) is 13.8. The van der Waals surface area contributed by atoms with Crippen molar-refractivity contribution in [3.63, 3.8) is 0 Å². The Morgan fingerprint density at radius 2 is 1.22 bits per heavy atom. The van der Waals surface area contributed by atoms with Crippen molar-refractivity contribution in [2.75, 3.05) is 14.2 Å². The number of methoxy groups -OCH3 is 2. The fourth-order valence-corrected chi connectivity index (χ4v) is 1.54. The van der Waals surface area contributed by atoms with Gasteiger partial charge in [0, 0.05) is 12.4 Å². The Kier molecular flexibility index (Phi) is 4.53. The highest BCUT2D eigenvalue weighted by Gasteiger charge is 2.14. The summed E-state index contributed by atoms with van der Waals surface area (Å²) in [6.45, 7) is 4.00. The second kappa shape index (κ2) is 5.90. The molecule has 2 aromatic heterocycles. The lowest BCUT2D eigenvalue weighted by Gasteiger charge is -1.99. The third-order valence-corrected chi connectivity index (χ3v) is 2.29. The van der Waals surface area contributed by atoms with E-state index in [1.807, 2.05) is 13.8 Å². The topological polar surface area (TPSA) is 62.5 Å². The van der Waals surface area contributed by atoms with Crippen LogP contribution in [-0.2, 0) is 9.47 Å². The van der Waals surface area contributed by atoms with Crippen LogP contribution in [0.4, 0.5) is 9.59 Å². The first-order valence-corrected chi connectivity index (χ1v) is 5.54. The summed E-state index contributed by atoms with van der Waals surface area (Å²) in [5, 5.41) is 0. The van der Waals surface area contributed by atoms with Gasteiger partial charge in [0.05, 0.1) is 25.3 Å². The Balaban J connectivity index is 0.000000771. The van der Waals surface area contributed by atoms with Gasteiger partial charge in [-0.1, -0.05) is 13.8 Å². The molecule has 2 heterocycles. The number of carbonyl (C=O) groups excluding carboxylic acids is 2. The number of rotatable bonds is 0. The van der Waals surface area contributed by atoms with Crippen LogP contribution in [0.3, 0.4) is 0 Å². The van der Waals surface area contributed by atoms with E-state index in [1.54, 1.807) is 12.1 Å². The van der Waals surface area contributed by atoms with Crippen molar-refractivity contribution in [3.05, 3.63) is 24.5 Å². The number of aromatic nitrogens is 2. The summed E-state index contributed by atoms with van der Waals surface area (Å²) in [4.78, 5) is 22.7. The summed E-state index contributed by atoms with van der Waals surface area (Å²) in [6.07, 6.45) is 2.07. The molecule has 0 aromatic carbocycles. The van der Waals surface area contributed by atoms with Crippen molar-refractivity contribution in [2.24, 2.45) is 0 Å². The molecular weight excluding hydrogens is 236 g/mol. The van der Waals surface area contributed by atoms with E-state index in [1.165, 1.54) is 35.7 Å². The highest BCUT2D eigenvalue weighted by Crippen LogP contribution is 2.17. The van der Waals surface area contributed by atoms with Crippen LogP contribution in [0.15, 0.2) is 24.5 Å². The number of fused-ring (bicyclic) bond motifs is 1. The molecule has 0 radical (unpaired) electrons. The van der Waals surface area contributed by atoms with E-state index in [4.69, 9.17) is 0 Å². The monoisotopic (exact) mass is 252 g/mol. The van der Waals surface area contributed by atoms with E-state index in [-0.39, 0.29) is 0 Å². The van der Waals surface area contributed by atoms with Crippen LogP contribution in [0.2, 0.25) is 0 Å². The summed E-state index contributed by atoms with van der Waals surface area (Å²) in [7, 11) is 2.59. The van der Waals surface area contributed by atoms with E-state index < -0.39 is 12.2 Å². The van der Waals surface area contributed by atoms with Crippen molar-refractivity contribution >= 4 is 23.2 Å². The van der Waals surface area contributed by atoms with Gasteiger partial charge in [-0.2, -0.15) is 0 Å². The van der Waals surface area contributed by atoms with Crippen LogP contribution in [0, 0.1) is 0 Å². The van der Waals surface area contributed by atoms with Gasteiger partial charge in [-0.05, 0) is 12.1 Å². The third kappa shape index (κ3) is 2.22.